The van der Waals surface area contributed by atoms with Crippen molar-refractivity contribution in [2.45, 2.75) is 0 Å². The molecule has 0 amide bonds. The molecule has 0 fully saturated rings. The van der Waals surface area contributed by atoms with Crippen LogP contribution in [-0.4, -0.2) is 138 Å². The molecule has 0 aromatic rings. The number of nitrogens with zero attached hydrogens (tertiary/aromatic N) is 1. The molecule has 18 N–H and O–H groups in total. The summed E-state index contributed by atoms with van der Waals surface area (Å²) in [5.74, 6) is 0. The number of thiol groups is 1. The van der Waals surface area contributed by atoms with E-state index in [1.807, 2.05) is 0 Å². The van der Waals surface area contributed by atoms with Crippen LogP contribution in [-0.2, 0) is 0 Å². The van der Waals surface area contributed by atoms with Crippen molar-refractivity contribution in [2.24, 2.45) is 0 Å². The molecule has 0 aromatic heterocycles. The van der Waals surface area contributed by atoms with Crippen LogP contribution < -0.4 is 0 Å². The standard InChI is InChI=1S/CHNS.3Na.9H2O.3H/c2-1-3;;;;;;;;;;;;;;;/h3H;;;;9*1H2;;;. The van der Waals surface area contributed by atoms with Crippen LogP contribution >= 0.6 is 12.6 Å². The molecule has 0 atom stereocenters. The van der Waals surface area contributed by atoms with E-state index in [4.69, 9.17) is 5.26 Å². The molecular weight excluding hydrogens is 271 g/mol. The molecule has 0 aliphatic rings. The summed E-state index contributed by atoms with van der Waals surface area (Å²) >= 11 is 3.09. The maximum absolute atomic E-state index is 7.18. The van der Waals surface area contributed by atoms with E-state index in [9.17, 15) is 0 Å². The topological polar surface area (TPSA) is 307 Å². The van der Waals surface area contributed by atoms with Gasteiger partial charge < -0.3 is 49.3 Å². The molecule has 10 nitrogen and oxygen atoms in total. The van der Waals surface area contributed by atoms with Crippen molar-refractivity contribution in [3.05, 3.63) is 0 Å². The zero-order valence-electron chi connectivity index (χ0n) is 5.89. The Bertz CT molecular complexity index is 46.8. The van der Waals surface area contributed by atoms with Gasteiger partial charge in [0.25, 0.3) is 0 Å². The number of hydrogen-bond acceptors (Lipinski definition) is 2. The van der Waals surface area contributed by atoms with Crippen molar-refractivity contribution in [2.75, 3.05) is 0 Å². The fraction of sp³-hybridized carbons (Fsp3) is 0. The number of rotatable bonds is 0. The first-order valence-electron chi connectivity index (χ1n) is 0.447. The Morgan fingerprint density at radius 2 is 0.533 bits per heavy atom. The van der Waals surface area contributed by atoms with Gasteiger partial charge in [-0.3, -0.25) is 0 Å². The molecule has 0 aliphatic carbocycles. The monoisotopic (exact) mass is 293 g/mol. The molecular formula is CH22NNa3O9S. The summed E-state index contributed by atoms with van der Waals surface area (Å²) in [5.41, 5.74) is 0. The minimum absolute atomic E-state index is 0. The third-order valence-electron chi connectivity index (χ3n) is 0. The molecule has 0 spiro atoms. The van der Waals surface area contributed by atoms with Crippen LogP contribution in [0, 0.1) is 10.7 Å². The SMILES string of the molecule is N#CS.O.O.O.O.O.O.O.O.O.[NaH].[NaH].[NaH]. The Morgan fingerprint density at radius 3 is 0.533 bits per heavy atom. The minimum atomic E-state index is 0. The predicted octanol–water partition coefficient (Wildman–Crippen LogP) is -8.97. The zero-order valence-corrected chi connectivity index (χ0v) is 6.79. The van der Waals surface area contributed by atoms with Gasteiger partial charge in [-0.25, -0.2) is 0 Å². The summed E-state index contributed by atoms with van der Waals surface area (Å²) in [5, 5.41) is 8.63. The Labute approximate surface area is 159 Å². The third-order valence-corrected chi connectivity index (χ3v) is 0. The molecule has 0 bridgehead atoms. The summed E-state index contributed by atoms with van der Waals surface area (Å²) in [6.07, 6.45) is 0. The van der Waals surface area contributed by atoms with Gasteiger partial charge in [-0.05, 0) is 0 Å². The van der Waals surface area contributed by atoms with Crippen LogP contribution in [0.2, 0.25) is 0 Å². The molecule has 15 heavy (non-hydrogen) atoms. The fourth-order valence-electron chi connectivity index (χ4n) is 0. The van der Waals surface area contributed by atoms with Gasteiger partial charge in [0, 0.05) is 0 Å². The predicted molar refractivity (Wildman–Crippen MR) is 68.6 cm³/mol. The van der Waals surface area contributed by atoms with Gasteiger partial charge in [-0.15, -0.1) is 0 Å². The van der Waals surface area contributed by atoms with Gasteiger partial charge >= 0.3 is 88.7 Å². The Balaban J connectivity index is -0.000000000303. The van der Waals surface area contributed by atoms with Gasteiger partial charge in [0.2, 0.25) is 0 Å². The molecule has 0 heterocycles. The Kier molecular flexibility index (Phi) is 5140. The van der Waals surface area contributed by atoms with E-state index < -0.39 is 0 Å². The summed E-state index contributed by atoms with van der Waals surface area (Å²) in [7, 11) is 0. The normalized spacial score (nSPS) is 0.533. The van der Waals surface area contributed by atoms with Gasteiger partial charge in [0.15, 0.2) is 0 Å². The summed E-state index contributed by atoms with van der Waals surface area (Å²) in [4.78, 5) is 0. The molecule has 0 radical (unpaired) electrons. The molecule has 14 heteroatoms. The second kappa shape index (κ2) is 326. The number of nitriles is 1. The van der Waals surface area contributed by atoms with E-state index >= 15 is 0 Å². The Hall–Kier alpha value is 2.48. The molecule has 0 saturated carbocycles. The summed E-state index contributed by atoms with van der Waals surface area (Å²) in [6, 6.07) is 0. The summed E-state index contributed by atoms with van der Waals surface area (Å²) < 4.78 is 0. The van der Waals surface area contributed by atoms with Crippen molar-refractivity contribution in [3.8, 4) is 5.40 Å². The molecule has 0 rings (SSSR count). The van der Waals surface area contributed by atoms with E-state index in [-0.39, 0.29) is 138 Å². The second-order valence-electron chi connectivity index (χ2n) is 0.100. The van der Waals surface area contributed by atoms with Crippen molar-refractivity contribution in [3.63, 3.8) is 0 Å². The quantitative estimate of drug-likeness (QED) is 0.253. The first-order valence-corrected chi connectivity index (χ1v) is 0.894. The van der Waals surface area contributed by atoms with Crippen molar-refractivity contribution < 1.29 is 49.3 Å². The van der Waals surface area contributed by atoms with Crippen LogP contribution in [0.4, 0.5) is 0 Å². The third kappa shape index (κ3) is 562. The van der Waals surface area contributed by atoms with Crippen molar-refractivity contribution >= 4 is 101 Å². The zero-order chi connectivity index (χ0) is 2.71. The van der Waals surface area contributed by atoms with Crippen LogP contribution in [0.1, 0.15) is 0 Å². The fourth-order valence-corrected chi connectivity index (χ4v) is 0. The van der Waals surface area contributed by atoms with E-state index in [2.05, 4.69) is 12.6 Å². The second-order valence-corrected chi connectivity index (χ2v) is 0.300. The number of hydrogen-bond donors (Lipinski definition) is 1. The van der Waals surface area contributed by atoms with Gasteiger partial charge in [0.05, 0.1) is 0 Å². The molecule has 0 saturated heterocycles. The molecule has 0 unspecified atom stereocenters. The average molecular weight is 293 g/mol. The first kappa shape index (κ1) is 237. The Morgan fingerprint density at radius 1 is 0.533 bits per heavy atom. The van der Waals surface area contributed by atoms with E-state index in [0.717, 1.165) is 0 Å². The van der Waals surface area contributed by atoms with Crippen LogP contribution in [0.25, 0.3) is 0 Å². The van der Waals surface area contributed by atoms with E-state index in [0.29, 0.717) is 0 Å². The first-order chi connectivity index (χ1) is 1.41. The molecule has 0 aliphatic heterocycles. The van der Waals surface area contributed by atoms with Gasteiger partial charge in [0.1, 0.15) is 5.40 Å². The van der Waals surface area contributed by atoms with Gasteiger partial charge in [-0.2, -0.15) is 5.26 Å². The summed E-state index contributed by atoms with van der Waals surface area (Å²) in [6.45, 7) is 0. The van der Waals surface area contributed by atoms with E-state index in [1.165, 1.54) is 5.40 Å². The maximum atomic E-state index is 7.18. The average Bonchev–Trinajstić information content (AvgIpc) is 0.918. The van der Waals surface area contributed by atoms with Crippen LogP contribution in [0.3, 0.4) is 0 Å². The van der Waals surface area contributed by atoms with Gasteiger partial charge in [-0.1, -0.05) is 12.6 Å². The van der Waals surface area contributed by atoms with Crippen molar-refractivity contribution in [1.29, 1.82) is 5.26 Å². The molecule has 0 aromatic carbocycles. The molecule has 94 valence electrons. The van der Waals surface area contributed by atoms with Crippen molar-refractivity contribution in [1.82, 2.24) is 0 Å². The van der Waals surface area contributed by atoms with Crippen LogP contribution in [0.5, 0.6) is 0 Å². The van der Waals surface area contributed by atoms with E-state index in [1.54, 1.807) is 0 Å². The number of thiocyanates is 1. The van der Waals surface area contributed by atoms with Crippen LogP contribution in [0.15, 0.2) is 0 Å².